The molecule has 0 saturated carbocycles. The normalized spacial score (nSPS) is 11.2. The second-order valence-corrected chi connectivity index (χ2v) is 8.96. The van der Waals surface area contributed by atoms with Crippen LogP contribution in [0.25, 0.3) is 0 Å². The van der Waals surface area contributed by atoms with Crippen LogP contribution in [-0.2, 0) is 0 Å². The van der Waals surface area contributed by atoms with Gasteiger partial charge in [0.2, 0.25) is 0 Å². The van der Waals surface area contributed by atoms with Crippen molar-refractivity contribution < 1.29 is 19.8 Å². The zero-order valence-electron chi connectivity index (χ0n) is 22.0. The number of hydrogen-bond acceptors (Lipinski definition) is 8. The van der Waals surface area contributed by atoms with Crippen LogP contribution < -0.4 is 10.6 Å². The molecule has 10 heteroatoms. The molecule has 4 rings (SSSR count). The van der Waals surface area contributed by atoms with E-state index in [0.29, 0.717) is 35.8 Å². The molecule has 10 nitrogen and oxygen atoms in total. The quantitative estimate of drug-likeness (QED) is 0.113. The fraction of sp³-hybridized carbons (Fsp3) is 0.133. The van der Waals surface area contributed by atoms with E-state index >= 15 is 0 Å². The number of aryl methyl sites for hydroxylation is 2. The van der Waals surface area contributed by atoms with Gasteiger partial charge in [-0.2, -0.15) is 20.5 Å². The fourth-order valence-electron chi connectivity index (χ4n) is 3.73. The van der Waals surface area contributed by atoms with Crippen LogP contribution in [0.4, 0.5) is 34.1 Å². The minimum Gasteiger partial charge on any atom is -0.478 e. The van der Waals surface area contributed by atoms with Crippen LogP contribution in [0.2, 0.25) is 0 Å². The number of anilines is 2. The summed E-state index contributed by atoms with van der Waals surface area (Å²) in [4.78, 5) is 22.1. The molecular formula is C30H28N6O4. The predicted octanol–water partition coefficient (Wildman–Crippen LogP) is 8.05. The number of carbonyl (C=O) groups is 2. The van der Waals surface area contributed by atoms with Crippen molar-refractivity contribution in [3.05, 3.63) is 107 Å². The lowest BCUT2D eigenvalue weighted by Crippen LogP contribution is -2.13. The van der Waals surface area contributed by atoms with Gasteiger partial charge in [-0.25, -0.2) is 9.59 Å². The van der Waals surface area contributed by atoms with Gasteiger partial charge in [-0.05, 0) is 110 Å². The molecule has 0 amide bonds. The first-order chi connectivity index (χ1) is 19.3. The van der Waals surface area contributed by atoms with Crippen molar-refractivity contribution in [2.24, 2.45) is 20.5 Å². The first-order valence-electron chi connectivity index (χ1n) is 12.5. The van der Waals surface area contributed by atoms with E-state index in [4.69, 9.17) is 10.2 Å². The van der Waals surface area contributed by atoms with E-state index in [1.807, 2.05) is 48.5 Å². The number of rotatable bonds is 11. The van der Waals surface area contributed by atoms with Gasteiger partial charge in [-0.3, -0.25) is 0 Å². The molecule has 4 aromatic rings. The summed E-state index contributed by atoms with van der Waals surface area (Å²) in [6.07, 6.45) is 0. The van der Waals surface area contributed by atoms with Crippen LogP contribution in [0.15, 0.2) is 105 Å². The highest BCUT2D eigenvalue weighted by molar-refractivity contribution is 5.89. The second kappa shape index (κ2) is 12.9. The summed E-state index contributed by atoms with van der Waals surface area (Å²) in [5, 5.41) is 41.8. The van der Waals surface area contributed by atoms with Crippen LogP contribution in [0.5, 0.6) is 0 Å². The van der Waals surface area contributed by atoms with Crippen LogP contribution in [-0.4, -0.2) is 35.2 Å². The highest BCUT2D eigenvalue weighted by Crippen LogP contribution is 2.25. The van der Waals surface area contributed by atoms with Gasteiger partial charge in [0, 0.05) is 24.5 Å². The first kappa shape index (κ1) is 27.6. The number of carboxylic acids is 2. The Bertz CT molecular complexity index is 1450. The summed E-state index contributed by atoms with van der Waals surface area (Å²) in [5.41, 5.74) is 6.45. The van der Waals surface area contributed by atoms with E-state index in [1.165, 1.54) is 12.1 Å². The molecule has 0 bridgehead atoms. The monoisotopic (exact) mass is 536 g/mol. The van der Waals surface area contributed by atoms with E-state index in [-0.39, 0.29) is 11.1 Å². The van der Waals surface area contributed by atoms with Gasteiger partial charge in [0.05, 0.1) is 33.9 Å². The summed E-state index contributed by atoms with van der Waals surface area (Å²) >= 11 is 0. The standard InChI is InChI=1S/C30H28N6O4/c1-19-17-21(29(37)38)3-13-27(19)35-33-25-9-5-23(6-10-25)31-15-16-32-24-7-11-26(12-8-24)34-36-28-14-4-22(30(39)40)18-20(28)2/h3-14,17-18,31-32H,15-16H2,1-2H3,(H,37,38)(H,39,40)/b35-33+,36-34+. The molecule has 0 spiro atoms. The minimum absolute atomic E-state index is 0.221. The number of nitrogens with zero attached hydrogens (tertiary/aromatic N) is 4. The molecule has 0 fully saturated rings. The van der Waals surface area contributed by atoms with Gasteiger partial charge in [-0.15, -0.1) is 0 Å². The molecule has 0 aliphatic carbocycles. The lowest BCUT2D eigenvalue weighted by molar-refractivity contribution is 0.0686. The first-order valence-corrected chi connectivity index (χ1v) is 12.5. The summed E-state index contributed by atoms with van der Waals surface area (Å²) in [6, 6.07) is 24.6. The van der Waals surface area contributed by atoms with Gasteiger partial charge in [-0.1, -0.05) is 0 Å². The molecule has 0 saturated heterocycles. The molecule has 4 aromatic carbocycles. The zero-order valence-corrected chi connectivity index (χ0v) is 22.0. The molecule has 0 unspecified atom stereocenters. The van der Waals surface area contributed by atoms with Crippen LogP contribution in [0.3, 0.4) is 0 Å². The number of aromatic carboxylic acids is 2. The number of azo groups is 2. The Hall–Kier alpha value is -5.38. The zero-order chi connectivity index (χ0) is 28.5. The van der Waals surface area contributed by atoms with Crippen molar-refractivity contribution in [2.45, 2.75) is 13.8 Å². The van der Waals surface area contributed by atoms with Crippen LogP contribution in [0, 0.1) is 13.8 Å². The van der Waals surface area contributed by atoms with Gasteiger partial charge in [0.15, 0.2) is 0 Å². The minimum atomic E-state index is -0.971. The van der Waals surface area contributed by atoms with E-state index < -0.39 is 11.9 Å². The van der Waals surface area contributed by atoms with Crippen molar-refractivity contribution in [3.63, 3.8) is 0 Å². The summed E-state index contributed by atoms with van der Waals surface area (Å²) in [5.74, 6) is -1.94. The van der Waals surface area contributed by atoms with Crippen LogP contribution >= 0.6 is 0 Å². The van der Waals surface area contributed by atoms with Gasteiger partial charge in [0.25, 0.3) is 0 Å². The number of hydrogen-bond donors (Lipinski definition) is 4. The van der Waals surface area contributed by atoms with Crippen molar-refractivity contribution in [3.8, 4) is 0 Å². The van der Waals surface area contributed by atoms with Crippen LogP contribution in [0.1, 0.15) is 31.8 Å². The molecule has 0 aromatic heterocycles. The van der Waals surface area contributed by atoms with E-state index in [1.54, 1.807) is 38.1 Å². The molecule has 0 aliphatic heterocycles. The Morgan fingerprint density at radius 1 is 0.575 bits per heavy atom. The van der Waals surface area contributed by atoms with Gasteiger partial charge in [0.1, 0.15) is 0 Å². The molecule has 4 N–H and O–H groups in total. The van der Waals surface area contributed by atoms with E-state index in [9.17, 15) is 9.59 Å². The Kier molecular flexibility index (Phi) is 8.93. The lowest BCUT2D eigenvalue weighted by Gasteiger charge is -2.09. The van der Waals surface area contributed by atoms with Crippen molar-refractivity contribution in [1.29, 1.82) is 0 Å². The topological polar surface area (TPSA) is 148 Å². The van der Waals surface area contributed by atoms with Gasteiger partial charge >= 0.3 is 11.9 Å². The fourth-order valence-corrected chi connectivity index (χ4v) is 3.73. The predicted molar refractivity (Wildman–Crippen MR) is 154 cm³/mol. The summed E-state index contributed by atoms with van der Waals surface area (Å²) in [6.45, 7) is 5.00. The molecular weight excluding hydrogens is 508 g/mol. The maximum absolute atomic E-state index is 11.1. The molecule has 0 radical (unpaired) electrons. The number of benzene rings is 4. The highest BCUT2D eigenvalue weighted by atomic mass is 16.4. The summed E-state index contributed by atoms with van der Waals surface area (Å²) in [7, 11) is 0. The largest absolute Gasteiger partial charge is 0.478 e. The van der Waals surface area contributed by atoms with Gasteiger partial charge < -0.3 is 20.8 Å². The summed E-state index contributed by atoms with van der Waals surface area (Å²) < 4.78 is 0. The lowest BCUT2D eigenvalue weighted by atomic mass is 10.1. The Morgan fingerprint density at radius 3 is 1.27 bits per heavy atom. The smallest absolute Gasteiger partial charge is 0.335 e. The second-order valence-electron chi connectivity index (χ2n) is 8.96. The average molecular weight is 537 g/mol. The van der Waals surface area contributed by atoms with Crippen molar-refractivity contribution in [1.82, 2.24) is 0 Å². The molecule has 40 heavy (non-hydrogen) atoms. The third-order valence-corrected chi connectivity index (χ3v) is 5.95. The van der Waals surface area contributed by atoms with Crippen molar-refractivity contribution >= 4 is 46.1 Å². The highest BCUT2D eigenvalue weighted by Gasteiger charge is 2.06. The number of carboxylic acid groups (broad SMARTS) is 2. The number of nitrogens with one attached hydrogen (secondary N) is 2. The van der Waals surface area contributed by atoms with Crippen molar-refractivity contribution in [2.75, 3.05) is 23.7 Å². The Labute approximate surface area is 231 Å². The molecule has 0 atom stereocenters. The van der Waals surface area contributed by atoms with E-state index in [0.717, 1.165) is 22.5 Å². The maximum atomic E-state index is 11.1. The Morgan fingerprint density at radius 2 is 0.950 bits per heavy atom. The maximum Gasteiger partial charge on any atom is 0.335 e. The third kappa shape index (κ3) is 7.57. The molecule has 202 valence electrons. The molecule has 0 aliphatic rings. The SMILES string of the molecule is Cc1cc(C(=O)O)ccc1/N=N/c1ccc(NCCNc2ccc(/N=N/c3ccc(C(=O)O)cc3C)cc2)cc1. The average Bonchev–Trinajstić information content (AvgIpc) is 2.95. The molecule has 0 heterocycles. The van der Waals surface area contributed by atoms with E-state index in [2.05, 4.69) is 31.1 Å². The Balaban J connectivity index is 1.22. The third-order valence-electron chi connectivity index (χ3n) is 5.95.